The predicted molar refractivity (Wildman–Crippen MR) is 79.1 cm³/mol. The van der Waals surface area contributed by atoms with Gasteiger partial charge in [-0.15, -0.1) is 0 Å². The van der Waals surface area contributed by atoms with Crippen LogP contribution in [0.5, 0.6) is 0 Å². The lowest BCUT2D eigenvalue weighted by atomic mass is 9.97. The molecule has 1 aromatic carbocycles. The SMILES string of the molecule is CCCN=C(N)NCCc1c(C)cc(C)cc1C. The third-order valence-corrected chi connectivity index (χ3v) is 3.03. The maximum Gasteiger partial charge on any atom is 0.188 e. The molecule has 0 saturated heterocycles. The second kappa shape index (κ2) is 7.04. The molecule has 0 saturated carbocycles. The number of guanidine groups is 1. The lowest BCUT2D eigenvalue weighted by Crippen LogP contribution is -2.33. The quantitative estimate of drug-likeness (QED) is 0.620. The number of benzene rings is 1. The Hall–Kier alpha value is -1.51. The molecule has 0 bridgehead atoms. The van der Waals surface area contributed by atoms with Gasteiger partial charge in [0, 0.05) is 13.1 Å². The summed E-state index contributed by atoms with van der Waals surface area (Å²) in [6.45, 7) is 10.2. The van der Waals surface area contributed by atoms with Crippen LogP contribution in [0.25, 0.3) is 0 Å². The average molecular weight is 247 g/mol. The molecule has 3 N–H and O–H groups in total. The van der Waals surface area contributed by atoms with Gasteiger partial charge >= 0.3 is 0 Å². The van der Waals surface area contributed by atoms with Crippen LogP contribution in [0.15, 0.2) is 17.1 Å². The maximum atomic E-state index is 5.76. The van der Waals surface area contributed by atoms with Crippen LogP contribution in [-0.4, -0.2) is 19.0 Å². The molecule has 0 spiro atoms. The molecule has 18 heavy (non-hydrogen) atoms. The predicted octanol–water partition coefficient (Wildman–Crippen LogP) is 2.47. The number of hydrogen-bond donors (Lipinski definition) is 2. The third kappa shape index (κ3) is 4.40. The zero-order valence-electron chi connectivity index (χ0n) is 12.0. The Morgan fingerprint density at radius 1 is 1.22 bits per heavy atom. The fourth-order valence-corrected chi connectivity index (χ4v) is 2.21. The van der Waals surface area contributed by atoms with E-state index in [1.807, 2.05) is 0 Å². The van der Waals surface area contributed by atoms with Gasteiger partial charge in [-0.1, -0.05) is 24.6 Å². The molecule has 0 aromatic heterocycles. The lowest BCUT2D eigenvalue weighted by Gasteiger charge is -2.12. The van der Waals surface area contributed by atoms with Crippen molar-refractivity contribution in [1.82, 2.24) is 5.32 Å². The number of nitrogens with zero attached hydrogens (tertiary/aromatic N) is 1. The van der Waals surface area contributed by atoms with Gasteiger partial charge in [-0.3, -0.25) is 4.99 Å². The normalized spacial score (nSPS) is 11.7. The van der Waals surface area contributed by atoms with E-state index in [0.29, 0.717) is 5.96 Å². The number of aliphatic imine (C=N–C) groups is 1. The van der Waals surface area contributed by atoms with Gasteiger partial charge in [-0.25, -0.2) is 0 Å². The monoisotopic (exact) mass is 247 g/mol. The van der Waals surface area contributed by atoms with Crippen LogP contribution in [-0.2, 0) is 6.42 Å². The van der Waals surface area contributed by atoms with Crippen molar-refractivity contribution >= 4 is 5.96 Å². The van der Waals surface area contributed by atoms with Gasteiger partial charge in [-0.2, -0.15) is 0 Å². The van der Waals surface area contributed by atoms with E-state index in [9.17, 15) is 0 Å². The van der Waals surface area contributed by atoms with E-state index in [1.54, 1.807) is 0 Å². The van der Waals surface area contributed by atoms with Gasteiger partial charge in [0.25, 0.3) is 0 Å². The molecular formula is C15H25N3. The van der Waals surface area contributed by atoms with Crippen molar-refractivity contribution < 1.29 is 0 Å². The van der Waals surface area contributed by atoms with Gasteiger partial charge in [0.15, 0.2) is 5.96 Å². The van der Waals surface area contributed by atoms with Crippen LogP contribution in [0.3, 0.4) is 0 Å². The zero-order chi connectivity index (χ0) is 13.5. The summed E-state index contributed by atoms with van der Waals surface area (Å²) in [6.07, 6.45) is 2.01. The number of rotatable bonds is 5. The third-order valence-electron chi connectivity index (χ3n) is 3.03. The molecular weight excluding hydrogens is 222 g/mol. The van der Waals surface area contributed by atoms with Crippen molar-refractivity contribution in [2.75, 3.05) is 13.1 Å². The van der Waals surface area contributed by atoms with Gasteiger partial charge in [0.1, 0.15) is 0 Å². The largest absolute Gasteiger partial charge is 0.370 e. The molecule has 100 valence electrons. The molecule has 0 aliphatic carbocycles. The molecule has 0 fully saturated rings. The first-order chi connectivity index (χ1) is 8.54. The minimum absolute atomic E-state index is 0.555. The Morgan fingerprint density at radius 2 is 1.83 bits per heavy atom. The minimum Gasteiger partial charge on any atom is -0.370 e. The summed E-state index contributed by atoms with van der Waals surface area (Å²) in [6, 6.07) is 4.47. The van der Waals surface area contributed by atoms with E-state index in [0.717, 1.165) is 25.9 Å². The van der Waals surface area contributed by atoms with Crippen LogP contribution in [0, 0.1) is 20.8 Å². The summed E-state index contributed by atoms with van der Waals surface area (Å²) in [4.78, 5) is 4.22. The van der Waals surface area contributed by atoms with Crippen LogP contribution in [0.4, 0.5) is 0 Å². The van der Waals surface area contributed by atoms with Crippen molar-refractivity contribution in [1.29, 1.82) is 0 Å². The van der Waals surface area contributed by atoms with Crippen LogP contribution in [0.1, 0.15) is 35.6 Å². The van der Waals surface area contributed by atoms with Crippen molar-refractivity contribution in [2.45, 2.75) is 40.5 Å². The Balaban J connectivity index is 2.54. The highest BCUT2D eigenvalue weighted by Gasteiger charge is 2.03. The number of hydrogen-bond acceptors (Lipinski definition) is 1. The van der Waals surface area contributed by atoms with Crippen molar-refractivity contribution in [3.8, 4) is 0 Å². The summed E-state index contributed by atoms with van der Waals surface area (Å²) in [5.74, 6) is 0.555. The smallest absolute Gasteiger partial charge is 0.188 e. The minimum atomic E-state index is 0.555. The lowest BCUT2D eigenvalue weighted by molar-refractivity contribution is 0.831. The standard InChI is InChI=1S/C15H25N3/c1-5-7-17-15(16)18-8-6-14-12(3)9-11(2)10-13(14)4/h9-10H,5-8H2,1-4H3,(H3,16,17,18). The van der Waals surface area contributed by atoms with E-state index < -0.39 is 0 Å². The van der Waals surface area contributed by atoms with Crippen LogP contribution < -0.4 is 11.1 Å². The fourth-order valence-electron chi connectivity index (χ4n) is 2.21. The maximum absolute atomic E-state index is 5.76. The molecule has 0 unspecified atom stereocenters. The average Bonchev–Trinajstić information content (AvgIpc) is 2.29. The highest BCUT2D eigenvalue weighted by atomic mass is 15.1. The van der Waals surface area contributed by atoms with E-state index >= 15 is 0 Å². The summed E-state index contributed by atoms with van der Waals surface area (Å²) < 4.78 is 0. The van der Waals surface area contributed by atoms with Gasteiger partial charge in [0.05, 0.1) is 0 Å². The number of nitrogens with two attached hydrogens (primary N) is 1. The molecule has 0 aliphatic heterocycles. The van der Waals surface area contributed by atoms with Crippen molar-refractivity contribution in [3.05, 3.63) is 34.4 Å². The Labute approximate surface area is 111 Å². The molecule has 3 heteroatoms. The summed E-state index contributed by atoms with van der Waals surface area (Å²) >= 11 is 0. The summed E-state index contributed by atoms with van der Waals surface area (Å²) in [7, 11) is 0. The molecule has 0 atom stereocenters. The Bertz CT molecular complexity index is 399. The molecule has 0 heterocycles. The van der Waals surface area contributed by atoms with Crippen molar-refractivity contribution in [3.63, 3.8) is 0 Å². The van der Waals surface area contributed by atoms with Crippen molar-refractivity contribution in [2.24, 2.45) is 10.7 Å². The molecule has 3 nitrogen and oxygen atoms in total. The molecule has 0 radical (unpaired) electrons. The van der Waals surface area contributed by atoms with Crippen LogP contribution in [0.2, 0.25) is 0 Å². The molecule has 1 aromatic rings. The molecule has 0 amide bonds. The van der Waals surface area contributed by atoms with Gasteiger partial charge in [-0.05, 0) is 50.3 Å². The molecule has 1 rings (SSSR count). The summed E-state index contributed by atoms with van der Waals surface area (Å²) in [5.41, 5.74) is 11.2. The van der Waals surface area contributed by atoms with E-state index in [-0.39, 0.29) is 0 Å². The topological polar surface area (TPSA) is 50.4 Å². The van der Waals surface area contributed by atoms with E-state index in [2.05, 4.69) is 50.1 Å². The first kappa shape index (κ1) is 14.6. The van der Waals surface area contributed by atoms with Gasteiger partial charge in [0.2, 0.25) is 0 Å². The first-order valence-electron chi connectivity index (χ1n) is 6.65. The first-order valence-corrected chi connectivity index (χ1v) is 6.65. The highest BCUT2D eigenvalue weighted by Crippen LogP contribution is 2.16. The van der Waals surface area contributed by atoms with Gasteiger partial charge < -0.3 is 11.1 Å². The second-order valence-corrected chi connectivity index (χ2v) is 4.82. The summed E-state index contributed by atoms with van der Waals surface area (Å²) in [5, 5.41) is 3.16. The Morgan fingerprint density at radius 3 is 2.39 bits per heavy atom. The molecule has 0 aliphatic rings. The fraction of sp³-hybridized carbons (Fsp3) is 0.533. The second-order valence-electron chi connectivity index (χ2n) is 4.82. The van der Waals surface area contributed by atoms with Crippen LogP contribution >= 0.6 is 0 Å². The number of nitrogens with one attached hydrogen (secondary N) is 1. The van der Waals surface area contributed by atoms with E-state index in [1.165, 1.54) is 22.3 Å². The highest BCUT2D eigenvalue weighted by molar-refractivity contribution is 5.77. The number of aryl methyl sites for hydroxylation is 3. The van der Waals surface area contributed by atoms with E-state index in [4.69, 9.17) is 5.73 Å². The Kier molecular flexibility index (Phi) is 5.69. The zero-order valence-corrected chi connectivity index (χ0v) is 12.0.